The molecule has 6 nitrogen and oxygen atoms in total. The fraction of sp³-hybridized carbons (Fsp3) is 0.115. The van der Waals surface area contributed by atoms with Crippen LogP contribution < -0.4 is 4.74 Å². The minimum atomic E-state index is -1.05. The SMILES string of the molecule is CCn1c(S/C(=C\c2cccc(OCc3ccc(Cl)cc3)c2)C(=O)O)nnc1-c1ccc(Cl)cc1. The molecule has 0 aliphatic carbocycles. The zero-order chi connectivity index (χ0) is 24.8. The third kappa shape index (κ3) is 6.45. The van der Waals surface area contributed by atoms with Gasteiger partial charge in [0.2, 0.25) is 0 Å². The molecule has 9 heteroatoms. The van der Waals surface area contributed by atoms with E-state index in [4.69, 9.17) is 27.9 Å². The van der Waals surface area contributed by atoms with E-state index in [1.54, 1.807) is 24.3 Å². The molecule has 0 bridgehead atoms. The summed E-state index contributed by atoms with van der Waals surface area (Å²) in [7, 11) is 0. The normalized spacial score (nSPS) is 11.5. The molecule has 0 aliphatic rings. The van der Waals surface area contributed by atoms with E-state index in [2.05, 4.69) is 10.2 Å². The number of thioether (sulfide) groups is 1. The van der Waals surface area contributed by atoms with Crippen molar-refractivity contribution in [3.8, 4) is 17.1 Å². The summed E-state index contributed by atoms with van der Waals surface area (Å²) in [5, 5.41) is 20.2. The molecule has 0 fully saturated rings. The Morgan fingerprint density at radius 3 is 2.37 bits per heavy atom. The zero-order valence-electron chi connectivity index (χ0n) is 18.7. The molecule has 0 aliphatic heterocycles. The molecule has 3 aromatic carbocycles. The first-order chi connectivity index (χ1) is 16.9. The molecule has 1 N–H and O–H groups in total. The van der Waals surface area contributed by atoms with Gasteiger partial charge in [0, 0.05) is 22.2 Å². The lowest BCUT2D eigenvalue weighted by atomic mass is 10.2. The highest BCUT2D eigenvalue weighted by Gasteiger charge is 2.18. The Hall–Kier alpha value is -3.26. The third-order valence-electron chi connectivity index (χ3n) is 5.02. The Morgan fingerprint density at radius 1 is 1.03 bits per heavy atom. The van der Waals surface area contributed by atoms with Crippen molar-refractivity contribution >= 4 is 47.0 Å². The molecule has 0 saturated heterocycles. The molecule has 0 unspecified atom stereocenters. The van der Waals surface area contributed by atoms with E-state index < -0.39 is 5.97 Å². The number of hydrogen-bond donors (Lipinski definition) is 1. The van der Waals surface area contributed by atoms with Crippen LogP contribution in [0.2, 0.25) is 10.0 Å². The van der Waals surface area contributed by atoms with E-state index >= 15 is 0 Å². The van der Waals surface area contributed by atoms with E-state index in [1.165, 1.54) is 0 Å². The summed E-state index contributed by atoms with van der Waals surface area (Å²) >= 11 is 13.0. The van der Waals surface area contributed by atoms with Crippen LogP contribution in [0.4, 0.5) is 0 Å². The predicted octanol–water partition coefficient (Wildman–Crippen LogP) is 7.07. The lowest BCUT2D eigenvalue weighted by Gasteiger charge is -2.09. The quantitative estimate of drug-likeness (QED) is 0.186. The van der Waals surface area contributed by atoms with Gasteiger partial charge in [-0.3, -0.25) is 0 Å². The van der Waals surface area contributed by atoms with Crippen molar-refractivity contribution in [3.63, 3.8) is 0 Å². The molecule has 1 heterocycles. The number of benzene rings is 3. The highest BCUT2D eigenvalue weighted by atomic mass is 35.5. The van der Waals surface area contributed by atoms with Gasteiger partial charge in [-0.25, -0.2) is 4.79 Å². The van der Waals surface area contributed by atoms with Crippen LogP contribution in [-0.4, -0.2) is 25.8 Å². The maximum atomic E-state index is 12.0. The molecule has 4 aromatic rings. The summed E-state index contributed by atoms with van der Waals surface area (Å²) in [5.41, 5.74) is 2.53. The Morgan fingerprint density at radius 2 is 1.71 bits per heavy atom. The number of aromatic nitrogens is 3. The van der Waals surface area contributed by atoms with Crippen LogP contribution in [0.5, 0.6) is 5.75 Å². The Balaban J connectivity index is 1.54. The summed E-state index contributed by atoms with van der Waals surface area (Å²) in [6.07, 6.45) is 1.60. The maximum Gasteiger partial charge on any atom is 0.342 e. The molecule has 4 rings (SSSR count). The maximum absolute atomic E-state index is 12.0. The van der Waals surface area contributed by atoms with Gasteiger partial charge >= 0.3 is 5.97 Å². The molecular formula is C26H21Cl2N3O3S. The number of carbonyl (C=O) groups is 1. The first kappa shape index (κ1) is 24.9. The lowest BCUT2D eigenvalue weighted by Crippen LogP contribution is -2.02. The lowest BCUT2D eigenvalue weighted by molar-refractivity contribution is -0.131. The Labute approximate surface area is 217 Å². The Bertz CT molecular complexity index is 1350. The number of halogens is 2. The van der Waals surface area contributed by atoms with Gasteiger partial charge in [0.15, 0.2) is 11.0 Å². The minimum absolute atomic E-state index is 0.115. The second kappa shape index (κ2) is 11.4. The van der Waals surface area contributed by atoms with Crippen molar-refractivity contribution in [2.24, 2.45) is 0 Å². The van der Waals surface area contributed by atoms with E-state index in [0.29, 0.717) is 45.5 Å². The van der Waals surface area contributed by atoms with E-state index in [0.717, 1.165) is 22.9 Å². The standard InChI is InChI=1S/C26H21Cl2N3O3S/c1-2-31-24(19-8-12-21(28)13-9-19)29-30-26(31)35-23(25(32)33)15-18-4-3-5-22(14-18)34-16-17-6-10-20(27)11-7-17/h3-15H,2,16H2,1H3,(H,32,33)/b23-15-. The van der Waals surface area contributed by atoms with Crippen LogP contribution in [0.25, 0.3) is 17.5 Å². The van der Waals surface area contributed by atoms with Gasteiger partial charge in [-0.05, 0) is 84.4 Å². The van der Waals surface area contributed by atoms with Gasteiger partial charge in [-0.2, -0.15) is 0 Å². The highest BCUT2D eigenvalue weighted by Crippen LogP contribution is 2.31. The van der Waals surface area contributed by atoms with Gasteiger partial charge in [-0.15, -0.1) is 10.2 Å². The van der Waals surface area contributed by atoms with Crippen molar-refractivity contribution in [1.29, 1.82) is 0 Å². The smallest absolute Gasteiger partial charge is 0.342 e. The van der Waals surface area contributed by atoms with Crippen molar-refractivity contribution in [2.45, 2.75) is 25.2 Å². The monoisotopic (exact) mass is 525 g/mol. The first-order valence-electron chi connectivity index (χ1n) is 10.7. The molecule has 1 aromatic heterocycles. The third-order valence-corrected chi connectivity index (χ3v) is 6.52. The van der Waals surface area contributed by atoms with Gasteiger partial charge in [-0.1, -0.05) is 47.5 Å². The second-order valence-electron chi connectivity index (χ2n) is 7.46. The number of rotatable bonds is 9. The summed E-state index contributed by atoms with van der Waals surface area (Å²) in [5.74, 6) is 0.223. The molecule has 0 atom stereocenters. The average Bonchev–Trinajstić information content (AvgIpc) is 3.26. The fourth-order valence-corrected chi connectivity index (χ4v) is 4.43. The van der Waals surface area contributed by atoms with Gasteiger partial charge < -0.3 is 14.4 Å². The Kier molecular flexibility index (Phi) is 8.13. The van der Waals surface area contributed by atoms with Crippen molar-refractivity contribution in [1.82, 2.24) is 14.8 Å². The van der Waals surface area contributed by atoms with E-state index in [1.807, 2.05) is 66.1 Å². The van der Waals surface area contributed by atoms with Crippen LogP contribution in [0.1, 0.15) is 18.1 Å². The zero-order valence-corrected chi connectivity index (χ0v) is 21.0. The number of aliphatic carboxylic acids is 1. The van der Waals surface area contributed by atoms with Crippen molar-refractivity contribution in [2.75, 3.05) is 0 Å². The summed E-state index contributed by atoms with van der Waals surface area (Å²) in [4.78, 5) is 12.2. The van der Waals surface area contributed by atoms with Crippen LogP contribution in [0.3, 0.4) is 0 Å². The van der Waals surface area contributed by atoms with Crippen molar-refractivity contribution in [3.05, 3.63) is 98.9 Å². The molecular weight excluding hydrogens is 505 g/mol. The summed E-state index contributed by atoms with van der Waals surface area (Å²) in [6, 6.07) is 21.9. The predicted molar refractivity (Wildman–Crippen MR) is 140 cm³/mol. The minimum Gasteiger partial charge on any atom is -0.489 e. The number of ether oxygens (including phenoxy) is 1. The average molecular weight is 526 g/mol. The van der Waals surface area contributed by atoms with Crippen molar-refractivity contribution < 1.29 is 14.6 Å². The fourth-order valence-electron chi connectivity index (χ4n) is 3.29. The summed E-state index contributed by atoms with van der Waals surface area (Å²) in [6.45, 7) is 2.91. The molecule has 35 heavy (non-hydrogen) atoms. The molecule has 0 amide bonds. The van der Waals surface area contributed by atoms with Gasteiger partial charge in [0.1, 0.15) is 17.3 Å². The summed E-state index contributed by atoms with van der Waals surface area (Å²) < 4.78 is 7.74. The highest BCUT2D eigenvalue weighted by molar-refractivity contribution is 8.04. The van der Waals surface area contributed by atoms with Crippen LogP contribution >= 0.6 is 35.0 Å². The molecule has 0 spiro atoms. The number of nitrogens with zero attached hydrogens (tertiary/aromatic N) is 3. The molecule has 0 radical (unpaired) electrons. The van der Waals surface area contributed by atoms with Crippen LogP contribution in [-0.2, 0) is 17.9 Å². The first-order valence-corrected chi connectivity index (χ1v) is 12.3. The molecule has 178 valence electrons. The number of carboxylic acid groups (broad SMARTS) is 1. The van der Waals surface area contributed by atoms with E-state index in [-0.39, 0.29) is 4.91 Å². The number of carboxylic acids is 1. The topological polar surface area (TPSA) is 77.2 Å². The number of hydrogen-bond acceptors (Lipinski definition) is 5. The van der Waals surface area contributed by atoms with Crippen LogP contribution in [0.15, 0.2) is 82.9 Å². The van der Waals surface area contributed by atoms with E-state index in [9.17, 15) is 9.90 Å². The van der Waals surface area contributed by atoms with Crippen LogP contribution in [0, 0.1) is 0 Å². The largest absolute Gasteiger partial charge is 0.489 e. The van der Waals surface area contributed by atoms with Gasteiger partial charge in [0.25, 0.3) is 0 Å². The second-order valence-corrected chi connectivity index (χ2v) is 9.34. The molecule has 0 saturated carbocycles. The van der Waals surface area contributed by atoms with Gasteiger partial charge in [0.05, 0.1) is 0 Å².